The van der Waals surface area contributed by atoms with Crippen LogP contribution in [0.15, 0.2) is 54.6 Å². The SMILES string of the molecule is Nc1nc(NCCc2ccc(C(=O)O)cc2)sc1C(=O)c1ccccc1. The Morgan fingerprint density at radius 1 is 1.04 bits per heavy atom. The van der Waals surface area contributed by atoms with Crippen LogP contribution in [0.5, 0.6) is 0 Å². The molecule has 1 aromatic heterocycles. The standard InChI is InChI=1S/C19H17N3O3S/c20-17-16(15(23)13-4-2-1-3-5-13)26-19(22-17)21-11-10-12-6-8-14(9-7-12)18(24)25/h1-9H,10-11,20H2,(H,21,22)(H,24,25). The van der Waals surface area contributed by atoms with Crippen molar-refractivity contribution < 1.29 is 14.7 Å². The Balaban J connectivity index is 1.61. The molecule has 26 heavy (non-hydrogen) atoms. The van der Waals surface area contributed by atoms with Crippen LogP contribution in [0.3, 0.4) is 0 Å². The topological polar surface area (TPSA) is 105 Å². The third kappa shape index (κ3) is 4.07. The molecule has 0 unspecified atom stereocenters. The van der Waals surface area contributed by atoms with Crippen molar-refractivity contribution in [1.82, 2.24) is 4.98 Å². The molecule has 0 radical (unpaired) electrons. The van der Waals surface area contributed by atoms with Crippen LogP contribution in [-0.2, 0) is 6.42 Å². The zero-order valence-electron chi connectivity index (χ0n) is 13.8. The Morgan fingerprint density at radius 3 is 2.38 bits per heavy atom. The van der Waals surface area contributed by atoms with E-state index in [0.29, 0.717) is 28.5 Å². The number of thiazole rings is 1. The Labute approximate surface area is 154 Å². The van der Waals surface area contributed by atoms with Gasteiger partial charge in [0.2, 0.25) is 5.78 Å². The zero-order valence-corrected chi connectivity index (χ0v) is 14.6. The number of carboxylic acids is 1. The fraction of sp³-hybridized carbons (Fsp3) is 0.105. The quantitative estimate of drug-likeness (QED) is 0.553. The number of benzene rings is 2. The largest absolute Gasteiger partial charge is 0.478 e. The molecule has 0 saturated heterocycles. The highest BCUT2D eigenvalue weighted by molar-refractivity contribution is 7.18. The first kappa shape index (κ1) is 17.6. The second-order valence-electron chi connectivity index (χ2n) is 5.61. The maximum absolute atomic E-state index is 12.5. The van der Waals surface area contributed by atoms with Crippen LogP contribution in [0, 0.1) is 0 Å². The van der Waals surface area contributed by atoms with Crippen molar-refractivity contribution in [3.05, 3.63) is 76.2 Å². The number of hydrogen-bond acceptors (Lipinski definition) is 6. The summed E-state index contributed by atoms with van der Waals surface area (Å²) in [7, 11) is 0. The first-order chi connectivity index (χ1) is 12.5. The summed E-state index contributed by atoms with van der Waals surface area (Å²) < 4.78 is 0. The monoisotopic (exact) mass is 367 g/mol. The average molecular weight is 367 g/mol. The summed E-state index contributed by atoms with van der Waals surface area (Å²) in [5.41, 5.74) is 7.74. The molecule has 2 aromatic carbocycles. The minimum absolute atomic E-state index is 0.141. The van der Waals surface area contributed by atoms with Crippen LogP contribution >= 0.6 is 11.3 Å². The Hall–Kier alpha value is -3.19. The van der Waals surface area contributed by atoms with E-state index in [9.17, 15) is 9.59 Å². The van der Waals surface area contributed by atoms with Gasteiger partial charge in [0.15, 0.2) is 5.13 Å². The van der Waals surface area contributed by atoms with Crippen LogP contribution in [0.25, 0.3) is 0 Å². The predicted molar refractivity (Wildman–Crippen MR) is 102 cm³/mol. The van der Waals surface area contributed by atoms with Gasteiger partial charge in [-0.1, -0.05) is 53.8 Å². The average Bonchev–Trinajstić information content (AvgIpc) is 3.03. The van der Waals surface area contributed by atoms with E-state index in [1.54, 1.807) is 48.5 Å². The van der Waals surface area contributed by atoms with Gasteiger partial charge in [0.05, 0.1) is 5.56 Å². The van der Waals surface area contributed by atoms with Crippen molar-refractivity contribution in [3.8, 4) is 0 Å². The number of carbonyl (C=O) groups excluding carboxylic acids is 1. The number of nitrogens with two attached hydrogens (primary N) is 1. The minimum Gasteiger partial charge on any atom is -0.478 e. The predicted octanol–water partition coefficient (Wildman–Crippen LogP) is 3.31. The van der Waals surface area contributed by atoms with Crippen molar-refractivity contribution in [1.29, 1.82) is 0 Å². The number of hydrogen-bond donors (Lipinski definition) is 3. The molecule has 0 bridgehead atoms. The van der Waals surface area contributed by atoms with Gasteiger partial charge in [-0.2, -0.15) is 0 Å². The van der Waals surface area contributed by atoms with Gasteiger partial charge in [-0.3, -0.25) is 4.79 Å². The Morgan fingerprint density at radius 2 is 1.73 bits per heavy atom. The molecule has 0 fully saturated rings. The lowest BCUT2D eigenvalue weighted by atomic mass is 10.1. The van der Waals surface area contributed by atoms with Gasteiger partial charge in [0.25, 0.3) is 0 Å². The molecule has 6 nitrogen and oxygen atoms in total. The smallest absolute Gasteiger partial charge is 0.335 e. The zero-order chi connectivity index (χ0) is 18.5. The molecule has 4 N–H and O–H groups in total. The van der Waals surface area contributed by atoms with Crippen LogP contribution in [0.4, 0.5) is 10.9 Å². The number of ketones is 1. The summed E-state index contributed by atoms with van der Waals surface area (Å²) in [6.45, 7) is 0.596. The maximum Gasteiger partial charge on any atom is 0.335 e. The van der Waals surface area contributed by atoms with Crippen molar-refractivity contribution in [2.45, 2.75) is 6.42 Å². The lowest BCUT2D eigenvalue weighted by Crippen LogP contribution is -2.05. The molecule has 132 valence electrons. The molecule has 3 rings (SSSR count). The number of nitrogens with zero attached hydrogens (tertiary/aromatic N) is 1. The van der Waals surface area contributed by atoms with Crippen LogP contribution in [-0.4, -0.2) is 28.4 Å². The van der Waals surface area contributed by atoms with Crippen molar-refractivity contribution in [2.75, 3.05) is 17.6 Å². The molecule has 3 aromatic rings. The Bertz CT molecular complexity index is 921. The number of carbonyl (C=O) groups is 2. The highest BCUT2D eigenvalue weighted by Crippen LogP contribution is 2.27. The van der Waals surface area contributed by atoms with E-state index in [4.69, 9.17) is 10.8 Å². The van der Waals surface area contributed by atoms with Gasteiger partial charge in [0, 0.05) is 12.1 Å². The number of aromatic nitrogens is 1. The molecule has 0 amide bonds. The van der Waals surface area contributed by atoms with Crippen LogP contribution < -0.4 is 11.1 Å². The first-order valence-corrected chi connectivity index (χ1v) is 8.78. The molecular formula is C19H17N3O3S. The van der Waals surface area contributed by atoms with Crippen LogP contribution in [0.1, 0.15) is 31.2 Å². The summed E-state index contributed by atoms with van der Waals surface area (Å²) in [5, 5.41) is 12.6. The van der Waals surface area contributed by atoms with E-state index in [0.717, 1.165) is 5.56 Å². The molecule has 0 atom stereocenters. The van der Waals surface area contributed by atoms with Crippen LogP contribution in [0.2, 0.25) is 0 Å². The van der Waals surface area contributed by atoms with E-state index < -0.39 is 5.97 Å². The highest BCUT2D eigenvalue weighted by Gasteiger charge is 2.17. The van der Waals surface area contributed by atoms with E-state index >= 15 is 0 Å². The molecule has 0 aliphatic carbocycles. The third-order valence-electron chi connectivity index (χ3n) is 3.79. The normalized spacial score (nSPS) is 10.5. The number of nitrogens with one attached hydrogen (secondary N) is 1. The van der Waals surface area contributed by atoms with Crippen molar-refractivity contribution >= 4 is 34.0 Å². The third-order valence-corrected chi connectivity index (χ3v) is 4.81. The molecule has 0 aliphatic heterocycles. The maximum atomic E-state index is 12.5. The summed E-state index contributed by atoms with van der Waals surface area (Å²) in [5.74, 6) is -0.862. The number of aromatic carboxylic acids is 1. The second kappa shape index (κ2) is 7.79. The van der Waals surface area contributed by atoms with Gasteiger partial charge >= 0.3 is 5.97 Å². The van der Waals surface area contributed by atoms with E-state index in [1.165, 1.54) is 11.3 Å². The molecule has 1 heterocycles. The van der Waals surface area contributed by atoms with E-state index in [1.807, 2.05) is 6.07 Å². The fourth-order valence-electron chi connectivity index (χ4n) is 2.42. The number of nitrogen functional groups attached to an aromatic ring is 1. The van der Waals surface area contributed by atoms with E-state index in [2.05, 4.69) is 10.3 Å². The number of anilines is 2. The highest BCUT2D eigenvalue weighted by atomic mass is 32.1. The van der Waals surface area contributed by atoms with Gasteiger partial charge in [-0.05, 0) is 24.1 Å². The summed E-state index contributed by atoms with van der Waals surface area (Å²) in [6, 6.07) is 15.7. The van der Waals surface area contributed by atoms with Gasteiger partial charge in [-0.15, -0.1) is 0 Å². The first-order valence-electron chi connectivity index (χ1n) is 7.97. The fourth-order valence-corrected chi connectivity index (χ4v) is 3.29. The van der Waals surface area contributed by atoms with Gasteiger partial charge in [-0.25, -0.2) is 9.78 Å². The molecule has 0 spiro atoms. The van der Waals surface area contributed by atoms with Gasteiger partial charge in [0.1, 0.15) is 10.7 Å². The molecular weight excluding hydrogens is 350 g/mol. The van der Waals surface area contributed by atoms with Gasteiger partial charge < -0.3 is 16.2 Å². The minimum atomic E-state index is -0.941. The summed E-state index contributed by atoms with van der Waals surface area (Å²) in [4.78, 5) is 28.0. The summed E-state index contributed by atoms with van der Waals surface area (Å²) in [6.07, 6.45) is 0.696. The summed E-state index contributed by atoms with van der Waals surface area (Å²) >= 11 is 1.23. The van der Waals surface area contributed by atoms with E-state index in [-0.39, 0.29) is 17.2 Å². The number of carboxylic acid groups (broad SMARTS) is 1. The van der Waals surface area contributed by atoms with Crippen molar-refractivity contribution in [3.63, 3.8) is 0 Å². The molecule has 7 heteroatoms. The second-order valence-corrected chi connectivity index (χ2v) is 6.61. The lowest BCUT2D eigenvalue weighted by molar-refractivity contribution is 0.0696. The van der Waals surface area contributed by atoms with Crippen molar-refractivity contribution in [2.24, 2.45) is 0 Å². The lowest BCUT2D eigenvalue weighted by Gasteiger charge is -2.03. The number of rotatable bonds is 7. The molecule has 0 aliphatic rings. The molecule has 0 saturated carbocycles. The Kier molecular flexibility index (Phi) is 5.28.